The summed E-state index contributed by atoms with van der Waals surface area (Å²) < 4.78 is 23.1. The zero-order chi connectivity index (χ0) is 15.3. The highest BCUT2D eigenvalue weighted by molar-refractivity contribution is 7.92. The van der Waals surface area contributed by atoms with Crippen molar-refractivity contribution >= 4 is 21.7 Å². The van der Waals surface area contributed by atoms with Gasteiger partial charge < -0.3 is 16.4 Å². The second-order valence-corrected chi connectivity index (χ2v) is 7.82. The molecule has 2 atom stereocenters. The molecule has 116 valence electrons. The standard InChI is InChI=1S/C12H23N3O4S/c1-8(2)11(13)12(17)15-7-10(16)14-6-9-4-3-5-20(9,18)19/h8-9,11H,3-7,13H2,1-2H3,(H,14,16)(H,15,17)/t9?,11-/m0/s1. The van der Waals surface area contributed by atoms with Crippen LogP contribution in [0.25, 0.3) is 0 Å². The Morgan fingerprint density at radius 2 is 1.95 bits per heavy atom. The van der Waals surface area contributed by atoms with E-state index in [1.165, 1.54) is 0 Å². The molecule has 2 amide bonds. The molecular formula is C12H23N3O4S. The minimum Gasteiger partial charge on any atom is -0.353 e. The number of sulfone groups is 1. The third-order valence-electron chi connectivity index (χ3n) is 3.43. The number of carbonyl (C=O) groups is 2. The zero-order valence-corrected chi connectivity index (χ0v) is 12.7. The molecule has 4 N–H and O–H groups in total. The van der Waals surface area contributed by atoms with Gasteiger partial charge in [0.25, 0.3) is 0 Å². The first kappa shape index (κ1) is 16.9. The van der Waals surface area contributed by atoms with Gasteiger partial charge in [0.05, 0.1) is 23.6 Å². The van der Waals surface area contributed by atoms with E-state index in [2.05, 4.69) is 10.6 Å². The predicted molar refractivity (Wildman–Crippen MR) is 75.6 cm³/mol. The van der Waals surface area contributed by atoms with Crippen molar-refractivity contribution in [1.82, 2.24) is 10.6 Å². The summed E-state index contributed by atoms with van der Waals surface area (Å²) in [5.41, 5.74) is 5.63. The van der Waals surface area contributed by atoms with E-state index in [0.29, 0.717) is 12.8 Å². The maximum Gasteiger partial charge on any atom is 0.239 e. The van der Waals surface area contributed by atoms with Crippen molar-refractivity contribution in [2.75, 3.05) is 18.8 Å². The number of hydrogen-bond acceptors (Lipinski definition) is 5. The van der Waals surface area contributed by atoms with E-state index < -0.39 is 27.0 Å². The molecule has 1 aliphatic heterocycles. The fourth-order valence-corrected chi connectivity index (χ4v) is 3.73. The van der Waals surface area contributed by atoms with E-state index in [-0.39, 0.29) is 30.7 Å². The molecule has 0 bridgehead atoms. The van der Waals surface area contributed by atoms with Crippen LogP contribution in [0.2, 0.25) is 0 Å². The molecule has 1 heterocycles. The van der Waals surface area contributed by atoms with Crippen LogP contribution in [0.1, 0.15) is 26.7 Å². The van der Waals surface area contributed by atoms with E-state index >= 15 is 0 Å². The molecule has 8 heteroatoms. The van der Waals surface area contributed by atoms with Gasteiger partial charge in [0, 0.05) is 6.54 Å². The summed E-state index contributed by atoms with van der Waals surface area (Å²) in [4.78, 5) is 23.1. The first-order chi connectivity index (χ1) is 9.24. The molecule has 1 aliphatic rings. The van der Waals surface area contributed by atoms with E-state index in [1.807, 2.05) is 13.8 Å². The Morgan fingerprint density at radius 1 is 1.30 bits per heavy atom. The summed E-state index contributed by atoms with van der Waals surface area (Å²) in [6.07, 6.45) is 1.22. The molecule has 0 saturated carbocycles. The van der Waals surface area contributed by atoms with Crippen molar-refractivity contribution in [2.24, 2.45) is 11.7 Å². The summed E-state index contributed by atoms with van der Waals surface area (Å²) in [6, 6.07) is -0.655. The zero-order valence-electron chi connectivity index (χ0n) is 11.9. The minimum atomic E-state index is -3.06. The van der Waals surface area contributed by atoms with Crippen LogP contribution in [0.15, 0.2) is 0 Å². The minimum absolute atomic E-state index is 0.0123. The van der Waals surface area contributed by atoms with Gasteiger partial charge in [-0.05, 0) is 18.8 Å². The average Bonchev–Trinajstić information content (AvgIpc) is 2.71. The fourth-order valence-electron chi connectivity index (χ4n) is 1.97. The van der Waals surface area contributed by atoms with Crippen molar-refractivity contribution in [1.29, 1.82) is 0 Å². The Kier molecular flexibility index (Phi) is 5.94. The maximum atomic E-state index is 11.6. The highest BCUT2D eigenvalue weighted by Gasteiger charge is 2.31. The lowest BCUT2D eigenvalue weighted by atomic mass is 10.1. The van der Waals surface area contributed by atoms with E-state index in [0.717, 1.165) is 0 Å². The van der Waals surface area contributed by atoms with Crippen LogP contribution < -0.4 is 16.4 Å². The van der Waals surface area contributed by atoms with Gasteiger partial charge in [0.2, 0.25) is 11.8 Å². The van der Waals surface area contributed by atoms with Gasteiger partial charge >= 0.3 is 0 Å². The molecule has 0 aromatic carbocycles. The Hall–Kier alpha value is -1.15. The molecule has 0 radical (unpaired) electrons. The molecule has 0 aromatic rings. The molecule has 0 aliphatic carbocycles. The van der Waals surface area contributed by atoms with Crippen molar-refractivity contribution in [3.63, 3.8) is 0 Å². The second kappa shape index (κ2) is 7.03. The molecule has 0 spiro atoms. The smallest absolute Gasteiger partial charge is 0.239 e. The highest BCUT2D eigenvalue weighted by atomic mass is 32.2. The number of hydrogen-bond donors (Lipinski definition) is 3. The Labute approximate surface area is 119 Å². The molecule has 7 nitrogen and oxygen atoms in total. The molecule has 1 unspecified atom stereocenters. The van der Waals surface area contributed by atoms with E-state index in [1.54, 1.807) is 0 Å². The van der Waals surface area contributed by atoms with Crippen molar-refractivity contribution in [2.45, 2.75) is 38.0 Å². The predicted octanol–water partition coefficient (Wildman–Crippen LogP) is -1.22. The van der Waals surface area contributed by atoms with Gasteiger partial charge in [-0.25, -0.2) is 8.42 Å². The SMILES string of the molecule is CC(C)[C@H](N)C(=O)NCC(=O)NCC1CCCS1(=O)=O. The summed E-state index contributed by atoms with van der Waals surface area (Å²) in [5.74, 6) is -0.616. The van der Waals surface area contributed by atoms with Gasteiger partial charge in [0.15, 0.2) is 9.84 Å². The lowest BCUT2D eigenvalue weighted by molar-refractivity contribution is -0.127. The number of nitrogens with one attached hydrogen (secondary N) is 2. The molecule has 1 rings (SSSR count). The topological polar surface area (TPSA) is 118 Å². The third kappa shape index (κ3) is 4.75. The van der Waals surface area contributed by atoms with Crippen LogP contribution in [-0.2, 0) is 19.4 Å². The number of nitrogens with two attached hydrogens (primary N) is 1. The average molecular weight is 305 g/mol. The molecular weight excluding hydrogens is 282 g/mol. The Bertz CT molecular complexity index is 461. The maximum absolute atomic E-state index is 11.6. The van der Waals surface area contributed by atoms with Gasteiger partial charge in [-0.3, -0.25) is 9.59 Å². The Balaban J connectivity index is 2.29. The van der Waals surface area contributed by atoms with Crippen LogP contribution in [0.4, 0.5) is 0 Å². The lowest BCUT2D eigenvalue weighted by Gasteiger charge is -2.15. The number of rotatable bonds is 6. The van der Waals surface area contributed by atoms with Gasteiger partial charge in [-0.2, -0.15) is 0 Å². The molecule has 1 fully saturated rings. The summed E-state index contributed by atoms with van der Waals surface area (Å²) in [6.45, 7) is 3.55. The van der Waals surface area contributed by atoms with Crippen molar-refractivity contribution in [3.05, 3.63) is 0 Å². The number of carbonyl (C=O) groups excluding carboxylic acids is 2. The van der Waals surface area contributed by atoms with Crippen LogP contribution in [0.3, 0.4) is 0 Å². The monoisotopic (exact) mass is 305 g/mol. The van der Waals surface area contributed by atoms with E-state index in [9.17, 15) is 18.0 Å². The summed E-state index contributed by atoms with van der Waals surface area (Å²) >= 11 is 0. The highest BCUT2D eigenvalue weighted by Crippen LogP contribution is 2.18. The molecule has 1 saturated heterocycles. The Morgan fingerprint density at radius 3 is 2.45 bits per heavy atom. The largest absolute Gasteiger partial charge is 0.353 e. The second-order valence-electron chi connectivity index (χ2n) is 5.42. The van der Waals surface area contributed by atoms with Gasteiger partial charge in [0.1, 0.15) is 0 Å². The van der Waals surface area contributed by atoms with Gasteiger partial charge in [-0.15, -0.1) is 0 Å². The van der Waals surface area contributed by atoms with Crippen LogP contribution in [0.5, 0.6) is 0 Å². The number of amides is 2. The van der Waals surface area contributed by atoms with Crippen LogP contribution >= 0.6 is 0 Å². The van der Waals surface area contributed by atoms with E-state index in [4.69, 9.17) is 5.73 Å². The van der Waals surface area contributed by atoms with Crippen LogP contribution in [0, 0.1) is 5.92 Å². The fraction of sp³-hybridized carbons (Fsp3) is 0.833. The third-order valence-corrected chi connectivity index (χ3v) is 5.71. The van der Waals surface area contributed by atoms with Crippen molar-refractivity contribution in [3.8, 4) is 0 Å². The summed E-state index contributed by atoms with van der Waals surface area (Å²) in [7, 11) is -3.06. The molecule has 0 aromatic heterocycles. The van der Waals surface area contributed by atoms with Crippen LogP contribution in [-0.4, -0.2) is 50.4 Å². The first-order valence-corrected chi connectivity index (χ1v) is 8.47. The first-order valence-electron chi connectivity index (χ1n) is 6.75. The lowest BCUT2D eigenvalue weighted by Crippen LogP contribution is -2.48. The summed E-state index contributed by atoms with van der Waals surface area (Å²) in [5, 5.41) is 4.46. The quantitative estimate of drug-likeness (QED) is 0.568. The van der Waals surface area contributed by atoms with Crippen molar-refractivity contribution < 1.29 is 18.0 Å². The normalized spacial score (nSPS) is 22.5. The molecule has 20 heavy (non-hydrogen) atoms. The van der Waals surface area contributed by atoms with Gasteiger partial charge in [-0.1, -0.05) is 13.8 Å².